The molecule has 1 aliphatic rings. The van der Waals surface area contributed by atoms with E-state index in [-0.39, 0.29) is 23.4 Å². The van der Waals surface area contributed by atoms with Crippen LogP contribution in [-0.2, 0) is 4.79 Å². The third-order valence-electron chi connectivity index (χ3n) is 6.20. The minimum atomic E-state index is -0.724. The molecule has 0 spiro atoms. The summed E-state index contributed by atoms with van der Waals surface area (Å²) in [7, 11) is 0. The lowest BCUT2D eigenvalue weighted by Gasteiger charge is -2.34. The van der Waals surface area contributed by atoms with Crippen LogP contribution in [0.1, 0.15) is 33.1 Å². The number of carbonyl (C=O) groups excluding carboxylic acids is 1. The second kappa shape index (κ2) is 9.81. The molecule has 32 heavy (non-hydrogen) atoms. The van der Waals surface area contributed by atoms with Gasteiger partial charge < -0.3 is 5.32 Å². The summed E-state index contributed by atoms with van der Waals surface area (Å²) in [6.45, 7) is 4.41. The van der Waals surface area contributed by atoms with Gasteiger partial charge in [-0.2, -0.15) is 0 Å². The Labute approximate surface area is 190 Å². The van der Waals surface area contributed by atoms with Gasteiger partial charge in [-0.1, -0.05) is 68.8 Å². The first-order valence-electron chi connectivity index (χ1n) is 10.8. The van der Waals surface area contributed by atoms with E-state index in [1.54, 1.807) is 0 Å². The van der Waals surface area contributed by atoms with Crippen LogP contribution in [0.25, 0.3) is 17.1 Å². The van der Waals surface area contributed by atoms with Gasteiger partial charge in [0.25, 0.3) is 0 Å². The van der Waals surface area contributed by atoms with Crippen molar-refractivity contribution in [2.45, 2.75) is 44.3 Å². The SMILES string of the molecule is C[C@H]1[C@H](C)CCC[C@@H]1NC(=O)CSc1nnc(-c2ccccc2)n1-c1ccc(F)cc1F. The number of hydrogen-bond donors (Lipinski definition) is 1. The normalized spacial score (nSPS) is 20.8. The van der Waals surface area contributed by atoms with Gasteiger partial charge >= 0.3 is 0 Å². The molecule has 5 nitrogen and oxygen atoms in total. The Morgan fingerprint density at radius 2 is 1.91 bits per heavy atom. The molecule has 8 heteroatoms. The van der Waals surface area contributed by atoms with Crippen LogP contribution >= 0.6 is 11.8 Å². The molecule has 3 atom stereocenters. The number of amides is 1. The van der Waals surface area contributed by atoms with Gasteiger partial charge in [0, 0.05) is 17.7 Å². The Morgan fingerprint density at radius 1 is 1.12 bits per heavy atom. The minimum Gasteiger partial charge on any atom is -0.352 e. The number of carbonyl (C=O) groups is 1. The molecule has 0 unspecified atom stereocenters. The standard InChI is InChI=1S/C24H26F2N4OS/c1-15-7-6-10-20(16(15)2)27-22(31)14-32-24-29-28-23(17-8-4-3-5-9-17)30(24)21-12-11-18(25)13-19(21)26/h3-5,8-9,11-13,15-16,20H,6-7,10,14H2,1-2H3,(H,27,31)/t15-,16+,20+/m1/s1. The molecule has 1 heterocycles. The van der Waals surface area contributed by atoms with Crippen LogP contribution in [0, 0.1) is 23.5 Å². The summed E-state index contributed by atoms with van der Waals surface area (Å²) in [5.41, 5.74) is 0.873. The van der Waals surface area contributed by atoms with Crippen molar-refractivity contribution in [1.29, 1.82) is 0 Å². The van der Waals surface area contributed by atoms with E-state index in [0.717, 1.165) is 24.5 Å². The highest BCUT2D eigenvalue weighted by Crippen LogP contribution is 2.31. The third-order valence-corrected chi connectivity index (χ3v) is 7.13. The Kier molecular flexibility index (Phi) is 6.89. The summed E-state index contributed by atoms with van der Waals surface area (Å²) < 4.78 is 29.7. The summed E-state index contributed by atoms with van der Waals surface area (Å²) >= 11 is 1.19. The molecular formula is C24H26F2N4OS. The fourth-order valence-electron chi connectivity index (χ4n) is 4.18. The van der Waals surface area contributed by atoms with Crippen molar-refractivity contribution in [3.8, 4) is 17.1 Å². The van der Waals surface area contributed by atoms with Crippen molar-refractivity contribution in [3.05, 3.63) is 60.2 Å². The molecular weight excluding hydrogens is 430 g/mol. The molecule has 0 aliphatic heterocycles. The summed E-state index contributed by atoms with van der Waals surface area (Å²) in [5, 5.41) is 12.0. The van der Waals surface area contributed by atoms with E-state index < -0.39 is 11.6 Å². The van der Waals surface area contributed by atoms with Crippen LogP contribution in [0.5, 0.6) is 0 Å². The average molecular weight is 457 g/mol. The molecule has 1 fully saturated rings. The summed E-state index contributed by atoms with van der Waals surface area (Å²) in [6.07, 6.45) is 3.29. The number of halogens is 2. The van der Waals surface area contributed by atoms with Crippen LogP contribution in [0.4, 0.5) is 8.78 Å². The maximum absolute atomic E-state index is 14.7. The zero-order valence-electron chi connectivity index (χ0n) is 18.1. The van der Waals surface area contributed by atoms with Gasteiger partial charge in [0.2, 0.25) is 5.91 Å². The highest BCUT2D eigenvalue weighted by molar-refractivity contribution is 7.99. The van der Waals surface area contributed by atoms with E-state index in [9.17, 15) is 13.6 Å². The molecule has 1 aliphatic carbocycles. The topological polar surface area (TPSA) is 59.8 Å². The second-order valence-electron chi connectivity index (χ2n) is 8.33. The van der Waals surface area contributed by atoms with Crippen LogP contribution in [0.15, 0.2) is 53.7 Å². The van der Waals surface area contributed by atoms with Crippen molar-refractivity contribution in [2.75, 3.05) is 5.75 Å². The molecule has 4 rings (SSSR count). The lowest BCUT2D eigenvalue weighted by atomic mass is 9.78. The molecule has 0 saturated heterocycles. The van der Waals surface area contributed by atoms with Gasteiger partial charge in [0.05, 0.1) is 11.4 Å². The number of rotatable bonds is 6. The predicted octanol–water partition coefficient (Wildman–Crippen LogP) is 5.25. The van der Waals surface area contributed by atoms with Crippen LogP contribution in [0.3, 0.4) is 0 Å². The highest BCUT2D eigenvalue weighted by atomic mass is 32.2. The molecule has 2 aromatic carbocycles. The van der Waals surface area contributed by atoms with Gasteiger partial charge in [0.15, 0.2) is 11.0 Å². The number of hydrogen-bond acceptors (Lipinski definition) is 4. The quantitative estimate of drug-likeness (QED) is 0.515. The van der Waals surface area contributed by atoms with Crippen molar-refractivity contribution in [3.63, 3.8) is 0 Å². The zero-order chi connectivity index (χ0) is 22.7. The molecule has 1 aromatic heterocycles. The fraction of sp³-hybridized carbons (Fsp3) is 0.375. The van der Waals surface area contributed by atoms with Crippen molar-refractivity contribution >= 4 is 17.7 Å². The van der Waals surface area contributed by atoms with Crippen molar-refractivity contribution in [2.24, 2.45) is 11.8 Å². The monoisotopic (exact) mass is 456 g/mol. The molecule has 1 amide bonds. The summed E-state index contributed by atoms with van der Waals surface area (Å²) in [5.74, 6) is 0.0975. The van der Waals surface area contributed by atoms with Gasteiger partial charge in [-0.3, -0.25) is 9.36 Å². The van der Waals surface area contributed by atoms with Gasteiger partial charge in [-0.05, 0) is 30.4 Å². The van der Waals surface area contributed by atoms with E-state index in [4.69, 9.17) is 0 Å². The van der Waals surface area contributed by atoms with Crippen molar-refractivity contribution < 1.29 is 13.6 Å². The van der Waals surface area contributed by atoms with E-state index in [0.29, 0.717) is 22.8 Å². The van der Waals surface area contributed by atoms with Crippen LogP contribution in [-0.4, -0.2) is 32.5 Å². The Hall–Kier alpha value is -2.74. The van der Waals surface area contributed by atoms with E-state index in [1.807, 2.05) is 30.3 Å². The number of nitrogens with one attached hydrogen (secondary N) is 1. The maximum atomic E-state index is 14.7. The Bertz CT molecular complexity index is 1090. The van der Waals surface area contributed by atoms with Gasteiger partial charge in [-0.15, -0.1) is 10.2 Å². The number of benzene rings is 2. The lowest BCUT2D eigenvalue weighted by Crippen LogP contribution is -2.44. The smallest absolute Gasteiger partial charge is 0.230 e. The number of thioether (sulfide) groups is 1. The van der Waals surface area contributed by atoms with E-state index in [1.165, 1.54) is 34.9 Å². The Balaban J connectivity index is 1.57. The molecule has 3 aromatic rings. The van der Waals surface area contributed by atoms with Crippen molar-refractivity contribution in [1.82, 2.24) is 20.1 Å². The average Bonchev–Trinajstić information content (AvgIpc) is 3.20. The number of aromatic nitrogens is 3. The molecule has 1 N–H and O–H groups in total. The third kappa shape index (κ3) is 4.85. The fourth-order valence-corrected chi connectivity index (χ4v) is 4.94. The van der Waals surface area contributed by atoms with E-state index in [2.05, 4.69) is 29.4 Å². The first kappa shape index (κ1) is 22.5. The predicted molar refractivity (Wildman–Crippen MR) is 122 cm³/mol. The number of nitrogens with zero attached hydrogens (tertiary/aromatic N) is 3. The van der Waals surface area contributed by atoms with E-state index >= 15 is 0 Å². The lowest BCUT2D eigenvalue weighted by molar-refractivity contribution is -0.120. The van der Waals surface area contributed by atoms with Crippen LogP contribution in [0.2, 0.25) is 0 Å². The molecule has 168 valence electrons. The maximum Gasteiger partial charge on any atom is 0.230 e. The molecule has 1 saturated carbocycles. The first-order chi connectivity index (χ1) is 15.4. The minimum absolute atomic E-state index is 0.0867. The first-order valence-corrected chi connectivity index (χ1v) is 11.8. The summed E-state index contributed by atoms with van der Waals surface area (Å²) in [6, 6.07) is 12.8. The molecule has 0 radical (unpaired) electrons. The zero-order valence-corrected chi connectivity index (χ0v) is 18.9. The van der Waals surface area contributed by atoms with Crippen LogP contribution < -0.4 is 5.32 Å². The van der Waals surface area contributed by atoms with Gasteiger partial charge in [0.1, 0.15) is 11.6 Å². The molecule has 0 bridgehead atoms. The Morgan fingerprint density at radius 3 is 2.66 bits per heavy atom. The second-order valence-corrected chi connectivity index (χ2v) is 9.28. The van der Waals surface area contributed by atoms with Gasteiger partial charge in [-0.25, -0.2) is 8.78 Å². The highest BCUT2D eigenvalue weighted by Gasteiger charge is 2.28. The largest absolute Gasteiger partial charge is 0.352 e. The summed E-state index contributed by atoms with van der Waals surface area (Å²) in [4.78, 5) is 12.7.